The third kappa shape index (κ3) is 4.27. The maximum Gasteiger partial charge on any atom is 0.417 e. The number of anilines is 1. The molecule has 0 aliphatic carbocycles. The number of amides is 1. The van der Waals surface area contributed by atoms with Crippen LogP contribution in [0.25, 0.3) is 0 Å². The molecule has 1 aromatic rings. The topological polar surface area (TPSA) is 45.7 Å². The summed E-state index contributed by atoms with van der Waals surface area (Å²) in [7, 11) is 1.70. The third-order valence-corrected chi connectivity index (χ3v) is 3.97. The Balaban J connectivity index is 1.93. The molecule has 0 saturated carbocycles. The van der Waals surface area contributed by atoms with Crippen LogP contribution in [-0.4, -0.2) is 48.8 Å². The van der Waals surface area contributed by atoms with Gasteiger partial charge in [-0.15, -0.1) is 0 Å². The lowest BCUT2D eigenvalue weighted by atomic mass is 10.0. The number of rotatable bonds is 3. The van der Waals surface area contributed by atoms with E-state index >= 15 is 0 Å². The van der Waals surface area contributed by atoms with Crippen LogP contribution in [0.15, 0.2) is 18.3 Å². The number of pyridine rings is 1. The highest BCUT2D eigenvalue weighted by atomic mass is 19.4. The standard InChI is InChI=1S/C15H20F3N3O2/c1-3-23-14(22)20(2)12-6-8-21(9-7-12)13-5-4-11(10-19-13)15(16,17)18/h4-5,10,12H,3,6-9H2,1-2H3. The average Bonchev–Trinajstić information content (AvgIpc) is 2.54. The van der Waals surface area contributed by atoms with Gasteiger partial charge in [0.25, 0.3) is 0 Å². The summed E-state index contributed by atoms with van der Waals surface area (Å²) >= 11 is 0. The first kappa shape index (κ1) is 17.4. The van der Waals surface area contributed by atoms with E-state index in [9.17, 15) is 18.0 Å². The van der Waals surface area contributed by atoms with Crippen LogP contribution >= 0.6 is 0 Å². The van der Waals surface area contributed by atoms with Crippen LogP contribution in [0, 0.1) is 0 Å². The number of carbonyl (C=O) groups is 1. The zero-order valence-electron chi connectivity index (χ0n) is 13.1. The molecule has 8 heteroatoms. The van der Waals surface area contributed by atoms with Gasteiger partial charge in [0, 0.05) is 32.4 Å². The molecule has 0 atom stereocenters. The average molecular weight is 331 g/mol. The Hall–Kier alpha value is -1.99. The van der Waals surface area contributed by atoms with Crippen LogP contribution in [0.3, 0.4) is 0 Å². The molecule has 1 saturated heterocycles. The van der Waals surface area contributed by atoms with Crippen molar-refractivity contribution in [1.82, 2.24) is 9.88 Å². The van der Waals surface area contributed by atoms with Gasteiger partial charge >= 0.3 is 12.3 Å². The molecular formula is C15H20F3N3O2. The van der Waals surface area contributed by atoms with Gasteiger partial charge < -0.3 is 14.5 Å². The summed E-state index contributed by atoms with van der Waals surface area (Å²) < 4.78 is 42.6. The van der Waals surface area contributed by atoms with Crippen LogP contribution in [0.4, 0.5) is 23.8 Å². The normalized spacial score (nSPS) is 16.3. The van der Waals surface area contributed by atoms with E-state index in [0.29, 0.717) is 25.5 Å². The van der Waals surface area contributed by atoms with E-state index < -0.39 is 11.7 Å². The fraction of sp³-hybridized carbons (Fsp3) is 0.600. The van der Waals surface area contributed by atoms with Gasteiger partial charge in [0.1, 0.15) is 5.82 Å². The van der Waals surface area contributed by atoms with Crippen LogP contribution in [0.5, 0.6) is 0 Å². The lowest BCUT2D eigenvalue weighted by molar-refractivity contribution is -0.137. The molecule has 128 valence electrons. The number of ether oxygens (including phenoxy) is 1. The molecule has 1 aromatic heterocycles. The predicted molar refractivity (Wildman–Crippen MR) is 79.3 cm³/mol. The SMILES string of the molecule is CCOC(=O)N(C)C1CCN(c2ccc(C(F)(F)F)cn2)CC1. The van der Waals surface area contributed by atoms with E-state index in [4.69, 9.17) is 4.74 Å². The number of aromatic nitrogens is 1. The lowest BCUT2D eigenvalue weighted by Gasteiger charge is -2.36. The second-order valence-corrected chi connectivity index (χ2v) is 5.43. The number of hydrogen-bond donors (Lipinski definition) is 0. The molecule has 1 aliphatic rings. The maximum atomic E-state index is 12.5. The zero-order chi connectivity index (χ0) is 17.0. The van der Waals surface area contributed by atoms with Gasteiger partial charge in [0.2, 0.25) is 0 Å². The van der Waals surface area contributed by atoms with E-state index in [1.807, 2.05) is 4.90 Å². The quantitative estimate of drug-likeness (QED) is 0.853. The molecule has 23 heavy (non-hydrogen) atoms. The van der Waals surface area contributed by atoms with Gasteiger partial charge in [-0.2, -0.15) is 13.2 Å². The number of nitrogens with zero attached hydrogens (tertiary/aromatic N) is 3. The molecule has 1 fully saturated rings. The molecular weight excluding hydrogens is 311 g/mol. The van der Waals surface area contributed by atoms with Gasteiger partial charge in [0.15, 0.2) is 0 Å². The molecule has 0 spiro atoms. The van der Waals surface area contributed by atoms with Crippen LogP contribution in [0.2, 0.25) is 0 Å². The Kier molecular flexibility index (Phi) is 5.33. The summed E-state index contributed by atoms with van der Waals surface area (Å²) in [5.74, 6) is 0.523. The summed E-state index contributed by atoms with van der Waals surface area (Å²) in [6, 6.07) is 2.50. The highest BCUT2D eigenvalue weighted by Crippen LogP contribution is 2.30. The van der Waals surface area contributed by atoms with Crippen molar-refractivity contribution in [3.05, 3.63) is 23.9 Å². The minimum atomic E-state index is -4.37. The number of alkyl halides is 3. The molecule has 0 N–H and O–H groups in total. The Labute approximate surface area is 133 Å². The summed E-state index contributed by atoms with van der Waals surface area (Å²) in [5, 5.41) is 0. The van der Waals surface area contributed by atoms with Crippen molar-refractivity contribution >= 4 is 11.9 Å². The van der Waals surface area contributed by atoms with Gasteiger partial charge in [-0.05, 0) is 31.9 Å². The van der Waals surface area contributed by atoms with Crippen molar-refractivity contribution in [2.75, 3.05) is 31.6 Å². The lowest BCUT2D eigenvalue weighted by Crippen LogP contribution is -2.46. The van der Waals surface area contributed by atoms with Crippen LogP contribution in [-0.2, 0) is 10.9 Å². The Morgan fingerprint density at radius 3 is 2.52 bits per heavy atom. The fourth-order valence-electron chi connectivity index (χ4n) is 2.60. The molecule has 0 bridgehead atoms. The molecule has 0 unspecified atom stereocenters. The first-order chi connectivity index (χ1) is 10.8. The largest absolute Gasteiger partial charge is 0.450 e. The number of piperidine rings is 1. The van der Waals surface area contributed by atoms with Crippen molar-refractivity contribution in [3.63, 3.8) is 0 Å². The second-order valence-electron chi connectivity index (χ2n) is 5.43. The minimum Gasteiger partial charge on any atom is -0.450 e. The van der Waals surface area contributed by atoms with E-state index in [-0.39, 0.29) is 12.1 Å². The van der Waals surface area contributed by atoms with Crippen LogP contribution in [0.1, 0.15) is 25.3 Å². The van der Waals surface area contributed by atoms with Crippen molar-refractivity contribution in [2.24, 2.45) is 0 Å². The van der Waals surface area contributed by atoms with Gasteiger partial charge in [-0.25, -0.2) is 9.78 Å². The molecule has 0 radical (unpaired) electrons. The maximum absolute atomic E-state index is 12.5. The summed E-state index contributed by atoms with van der Waals surface area (Å²) in [5.41, 5.74) is -0.752. The van der Waals surface area contributed by atoms with E-state index in [0.717, 1.165) is 25.1 Å². The smallest absolute Gasteiger partial charge is 0.417 e. The number of carbonyl (C=O) groups excluding carboxylic acids is 1. The fourth-order valence-corrected chi connectivity index (χ4v) is 2.60. The Morgan fingerprint density at radius 2 is 2.04 bits per heavy atom. The van der Waals surface area contributed by atoms with Gasteiger partial charge in [0.05, 0.1) is 12.2 Å². The minimum absolute atomic E-state index is 0.0692. The summed E-state index contributed by atoms with van der Waals surface area (Å²) in [6.45, 7) is 3.35. The second kappa shape index (κ2) is 7.06. The molecule has 0 aromatic carbocycles. The van der Waals surface area contributed by atoms with Crippen molar-refractivity contribution < 1.29 is 22.7 Å². The molecule has 1 amide bonds. The van der Waals surface area contributed by atoms with E-state index in [2.05, 4.69) is 4.98 Å². The van der Waals surface area contributed by atoms with Crippen molar-refractivity contribution in [3.8, 4) is 0 Å². The first-order valence-electron chi connectivity index (χ1n) is 7.50. The predicted octanol–water partition coefficient (Wildman–Crippen LogP) is 3.16. The van der Waals surface area contributed by atoms with Crippen LogP contribution < -0.4 is 4.90 Å². The third-order valence-electron chi connectivity index (χ3n) is 3.97. The summed E-state index contributed by atoms with van der Waals surface area (Å²) in [6.07, 6.45) is -2.43. The molecule has 2 heterocycles. The van der Waals surface area contributed by atoms with Gasteiger partial charge in [-0.1, -0.05) is 0 Å². The number of hydrogen-bond acceptors (Lipinski definition) is 4. The van der Waals surface area contributed by atoms with Gasteiger partial charge in [-0.3, -0.25) is 0 Å². The molecule has 1 aliphatic heterocycles. The monoisotopic (exact) mass is 331 g/mol. The van der Waals surface area contributed by atoms with E-state index in [1.54, 1.807) is 18.9 Å². The number of halogens is 3. The zero-order valence-corrected chi connectivity index (χ0v) is 13.1. The Bertz CT molecular complexity index is 526. The Morgan fingerprint density at radius 1 is 1.39 bits per heavy atom. The molecule has 2 rings (SSSR count). The first-order valence-corrected chi connectivity index (χ1v) is 7.50. The summed E-state index contributed by atoms with van der Waals surface area (Å²) in [4.78, 5) is 19.1. The van der Waals surface area contributed by atoms with Crippen molar-refractivity contribution in [2.45, 2.75) is 32.0 Å². The highest BCUT2D eigenvalue weighted by molar-refractivity contribution is 5.67. The molecule has 5 nitrogen and oxygen atoms in total. The van der Waals surface area contributed by atoms with E-state index in [1.165, 1.54) is 6.07 Å². The van der Waals surface area contributed by atoms with Crippen molar-refractivity contribution in [1.29, 1.82) is 0 Å². The highest BCUT2D eigenvalue weighted by Gasteiger charge is 2.31.